The number of halogens is 3. The molecule has 0 fully saturated rings. The smallest absolute Gasteiger partial charge is 0.347 e. The van der Waals surface area contributed by atoms with E-state index < -0.39 is 12.1 Å². The summed E-state index contributed by atoms with van der Waals surface area (Å²) in [5, 5.41) is 7.96. The van der Waals surface area contributed by atoms with Gasteiger partial charge in [0.2, 0.25) is 11.8 Å². The number of ether oxygens (including phenoxy) is 3. The van der Waals surface area contributed by atoms with Gasteiger partial charge < -0.3 is 24.4 Å². The highest BCUT2D eigenvalue weighted by atomic mass is 35.5. The number of aromatic nitrogens is 2. The highest BCUT2D eigenvalue weighted by Gasteiger charge is 2.16. The van der Waals surface area contributed by atoms with Gasteiger partial charge in [0.25, 0.3) is 0 Å². The summed E-state index contributed by atoms with van der Waals surface area (Å²) in [6.45, 7) is 7.29. The van der Waals surface area contributed by atoms with Gasteiger partial charge in [-0.2, -0.15) is 0 Å². The lowest BCUT2D eigenvalue weighted by molar-refractivity contribution is -0.152. The first-order valence-electron chi connectivity index (χ1n) is 13.5. The standard InChI is InChI=1S/C22H22ClN3O5.C9H9Cl2NO/c1-14(2)26-29-11-10-28-22(27)15(3)30-17-5-7-18(8-6-17)31-21-13-24-20-12-16(23)4-9-19(20)25-21;1-2-9(13)12-6-3-4-7(10)8(11)5-6/h4-9,12-13,15H,10-11H2,1-3H3;3-5H,2H2,1H3,(H,12,13). The molecule has 3 aromatic carbocycles. The molecular weight excluding hydrogens is 631 g/mol. The predicted molar refractivity (Wildman–Crippen MR) is 172 cm³/mol. The Morgan fingerprint density at radius 3 is 2.32 bits per heavy atom. The molecule has 1 heterocycles. The van der Waals surface area contributed by atoms with E-state index in [2.05, 4.69) is 20.4 Å². The molecule has 0 aliphatic carbocycles. The maximum absolute atomic E-state index is 12.0. The number of oxime groups is 1. The van der Waals surface area contributed by atoms with Crippen molar-refractivity contribution >= 4 is 69.1 Å². The van der Waals surface area contributed by atoms with Gasteiger partial charge in [-0.05, 0) is 81.4 Å². The Hall–Kier alpha value is -4.12. The molecule has 232 valence electrons. The molecule has 1 atom stereocenters. The van der Waals surface area contributed by atoms with Crippen molar-refractivity contribution in [2.24, 2.45) is 5.16 Å². The van der Waals surface area contributed by atoms with Crippen molar-refractivity contribution in [3.8, 4) is 17.4 Å². The van der Waals surface area contributed by atoms with E-state index in [1.165, 1.54) is 6.20 Å². The van der Waals surface area contributed by atoms with Crippen molar-refractivity contribution < 1.29 is 28.6 Å². The van der Waals surface area contributed by atoms with Crippen LogP contribution in [0.4, 0.5) is 5.69 Å². The van der Waals surface area contributed by atoms with Crippen LogP contribution in [0.15, 0.2) is 72.0 Å². The Labute approximate surface area is 270 Å². The largest absolute Gasteiger partial charge is 0.479 e. The fourth-order valence-electron chi connectivity index (χ4n) is 3.27. The first kappa shape index (κ1) is 34.4. The number of carbonyl (C=O) groups excluding carboxylic acids is 2. The molecule has 10 nitrogen and oxygen atoms in total. The highest BCUT2D eigenvalue weighted by molar-refractivity contribution is 6.42. The number of benzene rings is 3. The van der Waals surface area contributed by atoms with Gasteiger partial charge in [-0.15, -0.1) is 0 Å². The van der Waals surface area contributed by atoms with E-state index in [-0.39, 0.29) is 19.1 Å². The topological polar surface area (TPSA) is 121 Å². The Bertz CT molecular complexity index is 1600. The molecular formula is C31H31Cl3N4O6. The van der Waals surface area contributed by atoms with Crippen LogP contribution in [0.1, 0.15) is 34.1 Å². The highest BCUT2D eigenvalue weighted by Crippen LogP contribution is 2.26. The molecule has 0 saturated carbocycles. The average molecular weight is 662 g/mol. The maximum atomic E-state index is 12.0. The number of carbonyl (C=O) groups is 2. The van der Waals surface area contributed by atoms with Crippen molar-refractivity contribution in [3.63, 3.8) is 0 Å². The molecule has 0 saturated heterocycles. The van der Waals surface area contributed by atoms with E-state index in [9.17, 15) is 9.59 Å². The number of hydrogen-bond acceptors (Lipinski definition) is 9. The van der Waals surface area contributed by atoms with E-state index in [0.717, 1.165) is 5.71 Å². The van der Waals surface area contributed by atoms with Gasteiger partial charge in [0.1, 0.15) is 18.1 Å². The molecule has 13 heteroatoms. The van der Waals surface area contributed by atoms with Crippen LogP contribution in [0.3, 0.4) is 0 Å². The van der Waals surface area contributed by atoms with Crippen LogP contribution in [0.5, 0.6) is 17.4 Å². The van der Waals surface area contributed by atoms with Crippen LogP contribution in [0.2, 0.25) is 15.1 Å². The quantitative estimate of drug-likeness (QED) is 0.0740. The van der Waals surface area contributed by atoms with Crippen molar-refractivity contribution in [2.75, 3.05) is 18.5 Å². The third kappa shape index (κ3) is 11.5. The van der Waals surface area contributed by atoms with E-state index in [0.29, 0.717) is 55.6 Å². The fraction of sp³-hybridized carbons (Fsp3) is 0.258. The van der Waals surface area contributed by atoms with Crippen LogP contribution in [-0.2, 0) is 19.2 Å². The molecule has 1 amide bonds. The minimum Gasteiger partial charge on any atom is -0.479 e. The Kier molecular flexibility index (Phi) is 13.5. The minimum atomic E-state index is -0.777. The van der Waals surface area contributed by atoms with Crippen molar-refractivity contribution in [1.82, 2.24) is 9.97 Å². The van der Waals surface area contributed by atoms with Gasteiger partial charge in [0, 0.05) is 17.1 Å². The number of nitrogens with zero attached hydrogens (tertiary/aromatic N) is 3. The number of rotatable bonds is 11. The monoisotopic (exact) mass is 660 g/mol. The summed E-state index contributed by atoms with van der Waals surface area (Å²) in [5.74, 6) is 0.865. The number of fused-ring (bicyclic) bond motifs is 1. The summed E-state index contributed by atoms with van der Waals surface area (Å²) in [6.07, 6.45) is 1.19. The predicted octanol–water partition coefficient (Wildman–Crippen LogP) is 8.14. The van der Waals surface area contributed by atoms with Gasteiger partial charge in [0.05, 0.1) is 33.0 Å². The summed E-state index contributed by atoms with van der Waals surface area (Å²) in [5.41, 5.74) is 2.81. The molecule has 0 aliphatic heterocycles. The number of amides is 1. The van der Waals surface area contributed by atoms with E-state index in [1.54, 1.807) is 74.5 Å². The van der Waals surface area contributed by atoms with Crippen LogP contribution >= 0.6 is 34.8 Å². The summed E-state index contributed by atoms with van der Waals surface area (Å²) in [7, 11) is 0. The third-order valence-corrected chi connectivity index (χ3v) is 6.34. The van der Waals surface area contributed by atoms with E-state index >= 15 is 0 Å². The Morgan fingerprint density at radius 1 is 0.909 bits per heavy atom. The van der Waals surface area contributed by atoms with Crippen molar-refractivity contribution in [3.05, 3.63) is 81.9 Å². The normalized spacial score (nSPS) is 11.0. The average Bonchev–Trinajstić information content (AvgIpc) is 3.00. The minimum absolute atomic E-state index is 0.0432. The van der Waals surface area contributed by atoms with Gasteiger partial charge >= 0.3 is 5.97 Å². The number of anilines is 1. The number of hydrogen-bond donors (Lipinski definition) is 1. The van der Waals surface area contributed by atoms with Gasteiger partial charge in [-0.1, -0.05) is 46.9 Å². The summed E-state index contributed by atoms with van der Waals surface area (Å²) in [4.78, 5) is 36.7. The molecule has 4 rings (SSSR count). The van der Waals surface area contributed by atoms with Gasteiger partial charge in [-0.3, -0.25) is 4.79 Å². The lowest BCUT2D eigenvalue weighted by atomic mass is 10.3. The SMILES string of the molecule is CC(C)=NOCCOC(=O)C(C)Oc1ccc(Oc2cnc3cc(Cl)ccc3n2)cc1.CCC(=O)Nc1ccc(Cl)c(Cl)c1. The number of nitrogens with one attached hydrogen (secondary N) is 1. The molecule has 1 unspecified atom stereocenters. The lowest BCUT2D eigenvalue weighted by Crippen LogP contribution is -2.27. The molecule has 4 aromatic rings. The molecule has 0 radical (unpaired) electrons. The molecule has 1 N–H and O–H groups in total. The van der Waals surface area contributed by atoms with Gasteiger partial charge in [0.15, 0.2) is 12.7 Å². The summed E-state index contributed by atoms with van der Waals surface area (Å²) < 4.78 is 16.4. The van der Waals surface area contributed by atoms with Crippen LogP contribution in [0, 0.1) is 0 Å². The van der Waals surface area contributed by atoms with Crippen molar-refractivity contribution in [2.45, 2.75) is 40.2 Å². The van der Waals surface area contributed by atoms with Crippen LogP contribution in [0.25, 0.3) is 11.0 Å². The molecule has 0 bridgehead atoms. The zero-order valence-electron chi connectivity index (χ0n) is 24.5. The van der Waals surface area contributed by atoms with Crippen molar-refractivity contribution in [1.29, 1.82) is 0 Å². The van der Waals surface area contributed by atoms with Crippen LogP contribution in [-0.4, -0.2) is 46.9 Å². The maximum Gasteiger partial charge on any atom is 0.347 e. The zero-order valence-corrected chi connectivity index (χ0v) is 26.7. The first-order chi connectivity index (χ1) is 21.0. The zero-order chi connectivity index (χ0) is 32.1. The second-order valence-corrected chi connectivity index (χ2v) is 10.5. The molecule has 0 spiro atoms. The first-order valence-corrected chi connectivity index (χ1v) is 14.6. The fourth-order valence-corrected chi connectivity index (χ4v) is 3.73. The van der Waals surface area contributed by atoms with Crippen LogP contribution < -0.4 is 14.8 Å². The lowest BCUT2D eigenvalue weighted by Gasteiger charge is -2.14. The second kappa shape index (κ2) is 17.2. The van der Waals surface area contributed by atoms with Gasteiger partial charge in [-0.25, -0.2) is 14.8 Å². The Balaban J connectivity index is 0.000000340. The molecule has 0 aliphatic rings. The Morgan fingerprint density at radius 2 is 1.64 bits per heavy atom. The third-order valence-electron chi connectivity index (χ3n) is 5.36. The van der Waals surface area contributed by atoms with E-state index in [4.69, 9.17) is 53.9 Å². The molecule has 1 aromatic heterocycles. The summed E-state index contributed by atoms with van der Waals surface area (Å²) in [6, 6.07) is 17.0. The second-order valence-electron chi connectivity index (χ2n) is 9.24. The molecule has 44 heavy (non-hydrogen) atoms. The van der Waals surface area contributed by atoms with E-state index in [1.807, 2.05) is 13.8 Å². The number of esters is 1. The summed E-state index contributed by atoms with van der Waals surface area (Å²) >= 11 is 17.4.